The van der Waals surface area contributed by atoms with Gasteiger partial charge in [0.2, 0.25) is 0 Å². The molecule has 0 aliphatic carbocycles. The Hall–Kier alpha value is -1.39. The number of hydrogen-bond donors (Lipinski definition) is 1. The lowest BCUT2D eigenvalue weighted by Crippen LogP contribution is -2.47. The molecular formula is C16H24N2O2. The van der Waals surface area contributed by atoms with E-state index in [0.29, 0.717) is 6.04 Å². The van der Waals surface area contributed by atoms with Gasteiger partial charge < -0.3 is 10.0 Å². The van der Waals surface area contributed by atoms with Crippen LogP contribution in [0.25, 0.3) is 0 Å². The van der Waals surface area contributed by atoms with Crippen molar-refractivity contribution in [3.8, 4) is 0 Å². The first-order valence-corrected chi connectivity index (χ1v) is 7.36. The van der Waals surface area contributed by atoms with E-state index < -0.39 is 5.97 Å². The van der Waals surface area contributed by atoms with Gasteiger partial charge in [-0.05, 0) is 32.0 Å². The van der Waals surface area contributed by atoms with E-state index in [0.717, 1.165) is 39.0 Å². The third kappa shape index (κ3) is 4.32. The van der Waals surface area contributed by atoms with Crippen molar-refractivity contribution in [1.82, 2.24) is 9.80 Å². The lowest BCUT2D eigenvalue weighted by atomic mass is 10.0. The normalized spacial score (nSPS) is 20.9. The summed E-state index contributed by atoms with van der Waals surface area (Å²) in [5.74, 6) is -0.692. The topological polar surface area (TPSA) is 43.8 Å². The number of carbonyl (C=O) groups is 1. The molecule has 0 saturated carbocycles. The SMILES string of the molecule is CN1CCN(CCCCC(=O)O)C(c2ccccc2)C1. The number of unbranched alkanes of at least 4 members (excludes halogenated alkanes) is 1. The molecule has 0 spiro atoms. The second-order valence-electron chi connectivity index (χ2n) is 5.58. The number of rotatable bonds is 6. The van der Waals surface area contributed by atoms with Crippen molar-refractivity contribution in [2.75, 3.05) is 33.2 Å². The van der Waals surface area contributed by atoms with E-state index in [1.165, 1.54) is 5.56 Å². The van der Waals surface area contributed by atoms with E-state index in [1.807, 2.05) is 6.07 Å². The Labute approximate surface area is 121 Å². The van der Waals surface area contributed by atoms with Crippen molar-refractivity contribution < 1.29 is 9.90 Å². The summed E-state index contributed by atoms with van der Waals surface area (Å²) in [6.45, 7) is 4.18. The standard InChI is InChI=1S/C16H24N2O2/c1-17-11-12-18(10-6-5-9-16(19)20)15(13-17)14-7-3-2-4-8-14/h2-4,7-8,15H,5-6,9-13H2,1H3,(H,19,20). The molecule has 1 aromatic carbocycles. The van der Waals surface area contributed by atoms with E-state index in [4.69, 9.17) is 5.11 Å². The third-order valence-electron chi connectivity index (χ3n) is 3.96. The highest BCUT2D eigenvalue weighted by molar-refractivity contribution is 5.66. The molecule has 2 rings (SSSR count). The maximum Gasteiger partial charge on any atom is 0.303 e. The average molecular weight is 276 g/mol. The van der Waals surface area contributed by atoms with Gasteiger partial charge in [-0.2, -0.15) is 0 Å². The molecule has 110 valence electrons. The zero-order valence-electron chi connectivity index (χ0n) is 12.2. The summed E-state index contributed by atoms with van der Waals surface area (Å²) in [4.78, 5) is 15.4. The van der Waals surface area contributed by atoms with Gasteiger partial charge in [0.15, 0.2) is 0 Å². The van der Waals surface area contributed by atoms with Crippen molar-refractivity contribution in [3.63, 3.8) is 0 Å². The minimum Gasteiger partial charge on any atom is -0.481 e. The molecule has 1 saturated heterocycles. The second-order valence-corrected chi connectivity index (χ2v) is 5.58. The van der Waals surface area contributed by atoms with Crippen LogP contribution >= 0.6 is 0 Å². The predicted molar refractivity (Wildman–Crippen MR) is 79.7 cm³/mol. The van der Waals surface area contributed by atoms with E-state index in [1.54, 1.807) is 0 Å². The first-order valence-electron chi connectivity index (χ1n) is 7.36. The molecule has 1 aromatic rings. The van der Waals surface area contributed by atoms with Gasteiger partial charge in [0.25, 0.3) is 0 Å². The lowest BCUT2D eigenvalue weighted by Gasteiger charge is -2.40. The lowest BCUT2D eigenvalue weighted by molar-refractivity contribution is -0.137. The van der Waals surface area contributed by atoms with Crippen LogP contribution in [0, 0.1) is 0 Å². The number of carboxylic acids is 1. The number of aliphatic carboxylic acids is 1. The summed E-state index contributed by atoms with van der Waals surface area (Å²) in [5, 5.41) is 8.69. The minimum absolute atomic E-state index is 0.281. The molecule has 1 aliphatic rings. The number of benzene rings is 1. The van der Waals surface area contributed by atoms with Crippen LogP contribution in [0.2, 0.25) is 0 Å². The molecule has 1 aliphatic heterocycles. The van der Waals surface area contributed by atoms with E-state index >= 15 is 0 Å². The molecule has 1 N–H and O–H groups in total. The van der Waals surface area contributed by atoms with Crippen LogP contribution in [0.1, 0.15) is 30.9 Å². The van der Waals surface area contributed by atoms with Gasteiger partial charge >= 0.3 is 5.97 Å². The highest BCUT2D eigenvalue weighted by Crippen LogP contribution is 2.25. The number of hydrogen-bond acceptors (Lipinski definition) is 3. The first-order chi connectivity index (χ1) is 9.66. The van der Waals surface area contributed by atoms with Crippen LogP contribution in [0.4, 0.5) is 0 Å². The summed E-state index contributed by atoms with van der Waals surface area (Å²) in [5.41, 5.74) is 1.36. The maximum atomic E-state index is 10.6. The maximum absolute atomic E-state index is 10.6. The fraction of sp³-hybridized carbons (Fsp3) is 0.562. The second kappa shape index (κ2) is 7.41. The fourth-order valence-electron chi connectivity index (χ4n) is 2.81. The Morgan fingerprint density at radius 1 is 1.25 bits per heavy atom. The van der Waals surface area contributed by atoms with Crippen molar-refractivity contribution >= 4 is 5.97 Å². The van der Waals surface area contributed by atoms with E-state index in [9.17, 15) is 4.79 Å². The van der Waals surface area contributed by atoms with Gasteiger partial charge in [0, 0.05) is 32.1 Å². The molecule has 0 radical (unpaired) electrons. The van der Waals surface area contributed by atoms with Crippen molar-refractivity contribution in [3.05, 3.63) is 35.9 Å². The molecule has 0 amide bonds. The zero-order chi connectivity index (χ0) is 14.4. The minimum atomic E-state index is -0.692. The molecule has 1 atom stereocenters. The quantitative estimate of drug-likeness (QED) is 0.809. The summed E-state index contributed by atoms with van der Waals surface area (Å²) in [7, 11) is 2.16. The number of nitrogens with zero attached hydrogens (tertiary/aromatic N) is 2. The molecule has 0 bridgehead atoms. The van der Waals surface area contributed by atoms with Gasteiger partial charge in [-0.15, -0.1) is 0 Å². The highest BCUT2D eigenvalue weighted by Gasteiger charge is 2.25. The Morgan fingerprint density at radius 2 is 2.00 bits per heavy atom. The Balaban J connectivity index is 1.93. The van der Waals surface area contributed by atoms with Crippen LogP contribution in [0.15, 0.2) is 30.3 Å². The van der Waals surface area contributed by atoms with Crippen molar-refractivity contribution in [2.45, 2.75) is 25.3 Å². The smallest absolute Gasteiger partial charge is 0.303 e. The number of piperazine rings is 1. The van der Waals surface area contributed by atoms with Gasteiger partial charge in [0.05, 0.1) is 0 Å². The largest absolute Gasteiger partial charge is 0.481 e. The molecular weight excluding hydrogens is 252 g/mol. The monoisotopic (exact) mass is 276 g/mol. The summed E-state index contributed by atoms with van der Waals surface area (Å²) >= 11 is 0. The fourth-order valence-corrected chi connectivity index (χ4v) is 2.81. The van der Waals surface area contributed by atoms with Crippen LogP contribution < -0.4 is 0 Å². The van der Waals surface area contributed by atoms with Gasteiger partial charge in [-0.1, -0.05) is 30.3 Å². The molecule has 0 aromatic heterocycles. The van der Waals surface area contributed by atoms with Crippen LogP contribution in [0.5, 0.6) is 0 Å². The molecule has 1 fully saturated rings. The molecule has 4 nitrogen and oxygen atoms in total. The Morgan fingerprint density at radius 3 is 2.70 bits per heavy atom. The highest BCUT2D eigenvalue weighted by atomic mass is 16.4. The first kappa shape index (κ1) is 15.0. The molecule has 1 unspecified atom stereocenters. The van der Waals surface area contributed by atoms with E-state index in [2.05, 4.69) is 41.1 Å². The zero-order valence-corrected chi connectivity index (χ0v) is 12.2. The Kier molecular flexibility index (Phi) is 5.56. The number of carboxylic acid groups (broad SMARTS) is 1. The van der Waals surface area contributed by atoms with Crippen LogP contribution in [-0.2, 0) is 4.79 Å². The summed E-state index contributed by atoms with van der Waals surface area (Å²) < 4.78 is 0. The van der Waals surface area contributed by atoms with Crippen LogP contribution in [0.3, 0.4) is 0 Å². The van der Waals surface area contributed by atoms with Crippen LogP contribution in [-0.4, -0.2) is 54.1 Å². The summed E-state index contributed by atoms with van der Waals surface area (Å²) in [6, 6.07) is 11.0. The Bertz CT molecular complexity index is 422. The third-order valence-corrected chi connectivity index (χ3v) is 3.96. The van der Waals surface area contributed by atoms with Crippen molar-refractivity contribution in [1.29, 1.82) is 0 Å². The predicted octanol–water partition coefficient (Wildman–Crippen LogP) is 2.23. The average Bonchev–Trinajstić information content (AvgIpc) is 2.45. The number of likely N-dealkylation sites (N-methyl/N-ethyl adjacent to an activating group) is 1. The van der Waals surface area contributed by atoms with Crippen molar-refractivity contribution in [2.24, 2.45) is 0 Å². The molecule has 20 heavy (non-hydrogen) atoms. The van der Waals surface area contributed by atoms with Gasteiger partial charge in [-0.25, -0.2) is 0 Å². The summed E-state index contributed by atoms with van der Waals surface area (Å²) in [6.07, 6.45) is 2.01. The van der Waals surface area contributed by atoms with Gasteiger partial charge in [-0.3, -0.25) is 9.69 Å². The molecule has 1 heterocycles. The van der Waals surface area contributed by atoms with Gasteiger partial charge in [0.1, 0.15) is 0 Å². The molecule has 4 heteroatoms. The van der Waals surface area contributed by atoms with E-state index in [-0.39, 0.29) is 6.42 Å².